The number of benzene rings is 2. The molecule has 1 aromatic heterocycles. The highest BCUT2D eigenvalue weighted by Gasteiger charge is 2.18. The van der Waals surface area contributed by atoms with Crippen molar-refractivity contribution in [3.63, 3.8) is 0 Å². The standard InChI is InChI=1S/C25H29FN2O2/c1-3-4-5-14-28(25(29)21-10-7-11-22(26)17-21)19-23-12-8-15-27(23)18-20-9-6-13-24(16-20)30-2/h6-13,15-17H,3-5,14,18-19H2,1-2H3. The van der Waals surface area contributed by atoms with Gasteiger partial charge in [0.15, 0.2) is 0 Å². The lowest BCUT2D eigenvalue weighted by Crippen LogP contribution is -2.32. The van der Waals surface area contributed by atoms with Gasteiger partial charge in [-0.3, -0.25) is 4.79 Å². The molecule has 0 aliphatic heterocycles. The Bertz CT molecular complexity index is 967. The van der Waals surface area contributed by atoms with Crippen molar-refractivity contribution >= 4 is 5.91 Å². The molecule has 158 valence electrons. The summed E-state index contributed by atoms with van der Waals surface area (Å²) in [5.41, 5.74) is 2.55. The van der Waals surface area contributed by atoms with Gasteiger partial charge in [0.25, 0.3) is 5.91 Å². The first kappa shape index (κ1) is 21.6. The minimum absolute atomic E-state index is 0.139. The monoisotopic (exact) mass is 408 g/mol. The first-order valence-corrected chi connectivity index (χ1v) is 10.4. The van der Waals surface area contributed by atoms with Crippen molar-refractivity contribution in [2.45, 2.75) is 39.3 Å². The Kier molecular flexibility index (Phi) is 7.66. The predicted molar refractivity (Wildman–Crippen MR) is 117 cm³/mol. The summed E-state index contributed by atoms with van der Waals surface area (Å²) in [6, 6.07) is 17.9. The highest BCUT2D eigenvalue weighted by atomic mass is 19.1. The zero-order chi connectivity index (χ0) is 21.3. The Morgan fingerprint density at radius 2 is 1.90 bits per heavy atom. The topological polar surface area (TPSA) is 34.5 Å². The molecule has 0 saturated heterocycles. The van der Waals surface area contributed by atoms with Crippen LogP contribution in [0.3, 0.4) is 0 Å². The molecule has 0 fully saturated rings. The second kappa shape index (κ2) is 10.6. The van der Waals surface area contributed by atoms with E-state index in [1.807, 2.05) is 41.4 Å². The first-order chi connectivity index (χ1) is 14.6. The maximum atomic E-state index is 13.7. The number of aromatic nitrogens is 1. The van der Waals surface area contributed by atoms with Crippen LogP contribution >= 0.6 is 0 Å². The lowest BCUT2D eigenvalue weighted by molar-refractivity contribution is 0.0736. The number of nitrogens with zero attached hydrogens (tertiary/aromatic N) is 2. The van der Waals surface area contributed by atoms with E-state index in [1.54, 1.807) is 19.2 Å². The van der Waals surface area contributed by atoms with Crippen LogP contribution in [0, 0.1) is 5.82 Å². The molecule has 4 nitrogen and oxygen atoms in total. The Hall–Kier alpha value is -3.08. The summed E-state index contributed by atoms with van der Waals surface area (Å²) in [7, 11) is 1.66. The van der Waals surface area contributed by atoms with Crippen molar-refractivity contribution in [2.24, 2.45) is 0 Å². The van der Waals surface area contributed by atoms with Crippen LogP contribution in [-0.4, -0.2) is 29.0 Å². The van der Waals surface area contributed by atoms with E-state index in [1.165, 1.54) is 12.1 Å². The minimum Gasteiger partial charge on any atom is -0.497 e. The molecule has 0 saturated carbocycles. The zero-order valence-electron chi connectivity index (χ0n) is 17.7. The van der Waals surface area contributed by atoms with Gasteiger partial charge in [-0.2, -0.15) is 0 Å². The summed E-state index contributed by atoms with van der Waals surface area (Å²) in [5, 5.41) is 0. The largest absolute Gasteiger partial charge is 0.497 e. The Balaban J connectivity index is 1.79. The highest BCUT2D eigenvalue weighted by Crippen LogP contribution is 2.17. The van der Waals surface area contributed by atoms with Gasteiger partial charge in [-0.15, -0.1) is 0 Å². The summed E-state index contributed by atoms with van der Waals surface area (Å²) in [4.78, 5) is 14.9. The van der Waals surface area contributed by atoms with E-state index in [2.05, 4.69) is 17.6 Å². The second-order valence-corrected chi connectivity index (χ2v) is 7.42. The van der Waals surface area contributed by atoms with E-state index in [0.717, 1.165) is 36.3 Å². The minimum atomic E-state index is -0.393. The number of carbonyl (C=O) groups is 1. The summed E-state index contributed by atoms with van der Waals surface area (Å²) in [6.07, 6.45) is 5.08. The number of hydrogen-bond acceptors (Lipinski definition) is 2. The maximum absolute atomic E-state index is 13.7. The Labute approximate surface area is 177 Å². The summed E-state index contributed by atoms with van der Waals surface area (Å²) < 4.78 is 21.1. The van der Waals surface area contributed by atoms with E-state index < -0.39 is 5.82 Å². The summed E-state index contributed by atoms with van der Waals surface area (Å²) in [6.45, 7) is 3.96. The van der Waals surface area contributed by atoms with Crippen LogP contribution in [0.1, 0.15) is 47.8 Å². The molecule has 30 heavy (non-hydrogen) atoms. The van der Waals surface area contributed by atoms with Crippen LogP contribution in [0.5, 0.6) is 5.75 Å². The molecule has 5 heteroatoms. The van der Waals surface area contributed by atoms with E-state index in [-0.39, 0.29) is 5.91 Å². The van der Waals surface area contributed by atoms with Gasteiger partial charge in [-0.25, -0.2) is 4.39 Å². The van der Waals surface area contributed by atoms with Crippen LogP contribution in [0.2, 0.25) is 0 Å². The quantitative estimate of drug-likeness (QED) is 0.414. The molecule has 3 rings (SSSR count). The Morgan fingerprint density at radius 3 is 2.67 bits per heavy atom. The van der Waals surface area contributed by atoms with Crippen molar-refractivity contribution in [1.29, 1.82) is 0 Å². The van der Waals surface area contributed by atoms with E-state index in [9.17, 15) is 9.18 Å². The Morgan fingerprint density at radius 1 is 1.07 bits per heavy atom. The molecular formula is C25H29FN2O2. The number of ether oxygens (including phenoxy) is 1. The third-order valence-corrected chi connectivity index (χ3v) is 5.15. The lowest BCUT2D eigenvalue weighted by Gasteiger charge is -2.24. The fourth-order valence-electron chi connectivity index (χ4n) is 3.52. The number of hydrogen-bond donors (Lipinski definition) is 0. The number of halogens is 1. The summed E-state index contributed by atoms with van der Waals surface area (Å²) in [5.74, 6) is 0.291. The molecule has 0 aliphatic rings. The molecule has 1 amide bonds. The van der Waals surface area contributed by atoms with E-state index in [0.29, 0.717) is 25.2 Å². The molecule has 0 N–H and O–H groups in total. The average molecular weight is 409 g/mol. The van der Waals surface area contributed by atoms with Crippen LogP contribution in [0.25, 0.3) is 0 Å². The molecule has 0 aliphatic carbocycles. The smallest absolute Gasteiger partial charge is 0.254 e. The van der Waals surface area contributed by atoms with Gasteiger partial charge in [0.2, 0.25) is 0 Å². The third-order valence-electron chi connectivity index (χ3n) is 5.15. The van der Waals surface area contributed by atoms with Crippen molar-refractivity contribution in [1.82, 2.24) is 9.47 Å². The lowest BCUT2D eigenvalue weighted by atomic mass is 10.1. The van der Waals surface area contributed by atoms with Gasteiger partial charge in [0.1, 0.15) is 11.6 Å². The highest BCUT2D eigenvalue weighted by molar-refractivity contribution is 5.94. The van der Waals surface area contributed by atoms with Crippen molar-refractivity contribution in [2.75, 3.05) is 13.7 Å². The first-order valence-electron chi connectivity index (χ1n) is 10.4. The second-order valence-electron chi connectivity index (χ2n) is 7.42. The molecule has 0 unspecified atom stereocenters. The number of amides is 1. The maximum Gasteiger partial charge on any atom is 0.254 e. The van der Waals surface area contributed by atoms with Crippen molar-refractivity contribution < 1.29 is 13.9 Å². The van der Waals surface area contributed by atoms with Gasteiger partial charge in [-0.1, -0.05) is 38.0 Å². The molecular weight excluding hydrogens is 379 g/mol. The fraction of sp³-hybridized carbons (Fsp3) is 0.320. The van der Waals surface area contributed by atoms with Gasteiger partial charge in [-0.05, 0) is 54.4 Å². The SMILES string of the molecule is CCCCCN(Cc1cccn1Cc1cccc(OC)c1)C(=O)c1cccc(F)c1. The van der Waals surface area contributed by atoms with E-state index >= 15 is 0 Å². The molecule has 0 atom stereocenters. The van der Waals surface area contributed by atoms with E-state index in [4.69, 9.17) is 4.74 Å². The fourth-order valence-corrected chi connectivity index (χ4v) is 3.52. The molecule has 0 bridgehead atoms. The molecule has 3 aromatic rings. The van der Waals surface area contributed by atoms with Crippen LogP contribution in [-0.2, 0) is 13.1 Å². The number of unbranched alkanes of at least 4 members (excludes halogenated alkanes) is 2. The number of methoxy groups -OCH3 is 1. The van der Waals surface area contributed by atoms with Gasteiger partial charge in [0, 0.05) is 30.5 Å². The summed E-state index contributed by atoms with van der Waals surface area (Å²) >= 11 is 0. The van der Waals surface area contributed by atoms with Crippen molar-refractivity contribution in [3.05, 3.63) is 89.5 Å². The molecule has 0 spiro atoms. The zero-order valence-corrected chi connectivity index (χ0v) is 17.7. The third kappa shape index (κ3) is 5.72. The van der Waals surface area contributed by atoms with Crippen molar-refractivity contribution in [3.8, 4) is 5.75 Å². The van der Waals surface area contributed by atoms with Crippen LogP contribution < -0.4 is 4.74 Å². The van der Waals surface area contributed by atoms with Crippen LogP contribution in [0.15, 0.2) is 66.9 Å². The van der Waals surface area contributed by atoms with Crippen LogP contribution in [0.4, 0.5) is 4.39 Å². The van der Waals surface area contributed by atoms with Gasteiger partial charge in [0.05, 0.1) is 13.7 Å². The molecule has 0 radical (unpaired) electrons. The molecule has 2 aromatic carbocycles. The number of carbonyl (C=O) groups excluding carboxylic acids is 1. The van der Waals surface area contributed by atoms with Gasteiger partial charge < -0.3 is 14.2 Å². The number of rotatable bonds is 10. The van der Waals surface area contributed by atoms with Gasteiger partial charge >= 0.3 is 0 Å². The average Bonchev–Trinajstić information content (AvgIpc) is 3.19. The molecule has 1 heterocycles. The predicted octanol–water partition coefficient (Wildman–Crippen LogP) is 5.52. The normalized spacial score (nSPS) is 10.8.